The Morgan fingerprint density at radius 3 is 2.97 bits per heavy atom. The van der Waals surface area contributed by atoms with Crippen LogP contribution in [0.3, 0.4) is 0 Å². The summed E-state index contributed by atoms with van der Waals surface area (Å²) in [6.45, 7) is 5.55. The molecule has 162 valence electrons. The molecule has 5 rings (SSSR count). The number of rotatable bonds is 6. The van der Waals surface area contributed by atoms with Crippen molar-refractivity contribution in [1.29, 1.82) is 0 Å². The Hall–Kier alpha value is -2.90. The van der Waals surface area contributed by atoms with Gasteiger partial charge in [0, 0.05) is 48.3 Å². The SMILES string of the molecule is C[C@H]1CO[C@H](c2ccc(N)nc2)CN1C[C@@H]1C[C@H]1CNC(=O)c1cc2ccccc2[nH]1. The van der Waals surface area contributed by atoms with E-state index in [-0.39, 0.29) is 12.0 Å². The number of nitrogens with one attached hydrogen (secondary N) is 2. The third-order valence-corrected chi connectivity index (χ3v) is 6.58. The molecule has 1 aliphatic carbocycles. The summed E-state index contributed by atoms with van der Waals surface area (Å²) in [5.41, 5.74) is 8.40. The Labute approximate surface area is 182 Å². The van der Waals surface area contributed by atoms with Crippen molar-refractivity contribution >= 4 is 22.6 Å². The minimum atomic E-state index is -0.0301. The van der Waals surface area contributed by atoms with E-state index in [1.807, 2.05) is 48.7 Å². The number of pyridine rings is 1. The number of fused-ring (bicyclic) bond motifs is 1. The summed E-state index contributed by atoms with van der Waals surface area (Å²) in [6.07, 6.45) is 3.00. The zero-order valence-corrected chi connectivity index (χ0v) is 17.8. The normalized spacial score (nSPS) is 26.1. The standard InChI is InChI=1S/C24H29N5O2/c1-15-14-31-22(17-6-7-23(25)26-10-17)13-29(15)12-19-8-18(19)11-27-24(30)21-9-16-4-2-3-5-20(16)28-21/h2-7,9-10,15,18-19,22,28H,8,11-14H2,1H3,(H2,25,26)(H,27,30)/t15-,18-,19-,22-/m0/s1. The topological polar surface area (TPSA) is 96.3 Å². The second kappa shape index (κ2) is 8.32. The number of hydrogen-bond donors (Lipinski definition) is 3. The van der Waals surface area contributed by atoms with Crippen LogP contribution in [0.15, 0.2) is 48.7 Å². The minimum Gasteiger partial charge on any atom is -0.384 e. The van der Waals surface area contributed by atoms with Crippen LogP contribution in [0.25, 0.3) is 10.9 Å². The second-order valence-electron chi connectivity index (χ2n) is 8.88. The molecule has 2 aromatic heterocycles. The van der Waals surface area contributed by atoms with Gasteiger partial charge in [0.05, 0.1) is 12.7 Å². The zero-order chi connectivity index (χ0) is 21.4. The first-order chi connectivity index (χ1) is 15.1. The van der Waals surface area contributed by atoms with Crippen LogP contribution in [0.4, 0.5) is 5.82 Å². The smallest absolute Gasteiger partial charge is 0.267 e. The number of ether oxygens (including phenoxy) is 1. The maximum absolute atomic E-state index is 12.5. The van der Waals surface area contributed by atoms with Gasteiger partial charge in [-0.1, -0.05) is 24.3 Å². The third kappa shape index (κ3) is 4.43. The van der Waals surface area contributed by atoms with Crippen LogP contribution in [0.1, 0.15) is 35.5 Å². The highest BCUT2D eigenvalue weighted by atomic mass is 16.5. The summed E-state index contributed by atoms with van der Waals surface area (Å²) >= 11 is 0. The van der Waals surface area contributed by atoms with Gasteiger partial charge in [-0.2, -0.15) is 0 Å². The van der Waals surface area contributed by atoms with Crippen molar-refractivity contribution in [3.05, 3.63) is 59.9 Å². The molecule has 3 aromatic rings. The number of para-hydroxylation sites is 1. The molecule has 0 bridgehead atoms. The summed E-state index contributed by atoms with van der Waals surface area (Å²) < 4.78 is 6.05. The predicted octanol–water partition coefficient (Wildman–Crippen LogP) is 2.97. The van der Waals surface area contributed by atoms with Crippen LogP contribution in [-0.2, 0) is 4.74 Å². The van der Waals surface area contributed by atoms with Gasteiger partial charge in [0.1, 0.15) is 11.5 Å². The number of anilines is 1. The molecule has 1 saturated carbocycles. The van der Waals surface area contributed by atoms with Crippen molar-refractivity contribution < 1.29 is 9.53 Å². The van der Waals surface area contributed by atoms with E-state index in [4.69, 9.17) is 10.5 Å². The molecule has 7 nitrogen and oxygen atoms in total. The molecule has 4 N–H and O–H groups in total. The van der Waals surface area contributed by atoms with Crippen molar-refractivity contribution in [2.24, 2.45) is 11.8 Å². The number of morpholine rings is 1. The first kappa shape index (κ1) is 20.0. The van der Waals surface area contributed by atoms with Gasteiger partial charge in [0.2, 0.25) is 0 Å². The van der Waals surface area contributed by atoms with E-state index in [9.17, 15) is 4.79 Å². The van der Waals surface area contributed by atoms with Crippen LogP contribution in [0.5, 0.6) is 0 Å². The molecule has 31 heavy (non-hydrogen) atoms. The van der Waals surface area contributed by atoms with Crippen LogP contribution in [0.2, 0.25) is 0 Å². The fourth-order valence-corrected chi connectivity index (χ4v) is 4.47. The molecule has 1 aromatic carbocycles. The molecular weight excluding hydrogens is 390 g/mol. The zero-order valence-electron chi connectivity index (χ0n) is 17.8. The van der Waals surface area contributed by atoms with Gasteiger partial charge in [0.15, 0.2) is 0 Å². The van der Waals surface area contributed by atoms with Gasteiger partial charge in [-0.3, -0.25) is 9.69 Å². The lowest BCUT2D eigenvalue weighted by Gasteiger charge is -2.38. The Morgan fingerprint density at radius 2 is 2.16 bits per heavy atom. The number of nitrogen functional groups attached to an aromatic ring is 1. The molecule has 2 fully saturated rings. The number of amides is 1. The van der Waals surface area contributed by atoms with E-state index in [1.165, 1.54) is 0 Å². The molecule has 7 heteroatoms. The van der Waals surface area contributed by atoms with Crippen LogP contribution < -0.4 is 11.1 Å². The predicted molar refractivity (Wildman–Crippen MR) is 121 cm³/mol. The average Bonchev–Trinajstić information content (AvgIpc) is 3.37. The van der Waals surface area contributed by atoms with Gasteiger partial charge in [-0.05, 0) is 43.4 Å². The fraction of sp³-hybridized carbons (Fsp3) is 0.417. The lowest BCUT2D eigenvalue weighted by molar-refractivity contribution is -0.0619. The number of hydrogen-bond acceptors (Lipinski definition) is 5. The molecule has 2 aliphatic rings. The summed E-state index contributed by atoms with van der Waals surface area (Å²) in [5, 5.41) is 4.17. The second-order valence-corrected chi connectivity index (χ2v) is 8.88. The molecule has 1 amide bonds. The van der Waals surface area contributed by atoms with Crippen LogP contribution >= 0.6 is 0 Å². The maximum atomic E-state index is 12.5. The van der Waals surface area contributed by atoms with Crippen LogP contribution in [0, 0.1) is 11.8 Å². The molecule has 0 unspecified atom stereocenters. The Kier molecular flexibility index (Phi) is 5.38. The molecule has 1 aliphatic heterocycles. The number of nitrogens with two attached hydrogens (primary N) is 1. The monoisotopic (exact) mass is 419 g/mol. The molecule has 0 spiro atoms. The summed E-state index contributed by atoms with van der Waals surface area (Å²) in [5.74, 6) is 1.66. The van der Waals surface area contributed by atoms with Gasteiger partial charge in [-0.25, -0.2) is 4.98 Å². The molecule has 0 radical (unpaired) electrons. The van der Waals surface area contributed by atoms with Gasteiger partial charge in [0.25, 0.3) is 5.91 Å². The van der Waals surface area contributed by atoms with E-state index in [0.717, 1.165) is 42.5 Å². The number of carbonyl (C=O) groups excluding carboxylic acids is 1. The molecule has 3 heterocycles. The van der Waals surface area contributed by atoms with Crippen LogP contribution in [-0.4, -0.2) is 53.1 Å². The van der Waals surface area contributed by atoms with Gasteiger partial charge < -0.3 is 20.8 Å². The van der Waals surface area contributed by atoms with E-state index < -0.39 is 0 Å². The number of aromatic amines is 1. The first-order valence-corrected chi connectivity index (χ1v) is 11.0. The number of benzene rings is 1. The third-order valence-electron chi connectivity index (χ3n) is 6.58. The number of H-pyrrole nitrogens is 1. The number of carbonyl (C=O) groups is 1. The Balaban J connectivity index is 1.12. The lowest BCUT2D eigenvalue weighted by atomic mass is 10.1. The number of aromatic nitrogens is 2. The highest BCUT2D eigenvalue weighted by Crippen LogP contribution is 2.40. The Morgan fingerprint density at radius 1 is 1.29 bits per heavy atom. The lowest BCUT2D eigenvalue weighted by Crippen LogP contribution is -2.46. The molecular formula is C24H29N5O2. The quantitative estimate of drug-likeness (QED) is 0.571. The Bertz CT molecular complexity index is 1030. The highest BCUT2D eigenvalue weighted by molar-refractivity contribution is 5.97. The van der Waals surface area contributed by atoms with Crippen molar-refractivity contribution in [3.63, 3.8) is 0 Å². The summed E-state index contributed by atoms with van der Waals surface area (Å²) in [7, 11) is 0. The van der Waals surface area contributed by atoms with Crippen molar-refractivity contribution in [1.82, 2.24) is 20.2 Å². The first-order valence-electron chi connectivity index (χ1n) is 11.0. The van der Waals surface area contributed by atoms with Gasteiger partial charge in [-0.15, -0.1) is 0 Å². The largest absolute Gasteiger partial charge is 0.384 e. The summed E-state index contributed by atoms with van der Waals surface area (Å²) in [6, 6.07) is 14.1. The summed E-state index contributed by atoms with van der Waals surface area (Å²) in [4.78, 5) is 22.4. The van der Waals surface area contributed by atoms with E-state index >= 15 is 0 Å². The maximum Gasteiger partial charge on any atom is 0.267 e. The molecule has 1 saturated heterocycles. The van der Waals surface area contributed by atoms with Gasteiger partial charge >= 0.3 is 0 Å². The van der Waals surface area contributed by atoms with E-state index in [1.54, 1.807) is 0 Å². The number of nitrogens with zero attached hydrogens (tertiary/aromatic N) is 2. The average molecular weight is 420 g/mol. The van der Waals surface area contributed by atoms with E-state index in [2.05, 4.69) is 27.1 Å². The van der Waals surface area contributed by atoms with Crippen molar-refractivity contribution in [3.8, 4) is 0 Å². The van der Waals surface area contributed by atoms with Crippen molar-refractivity contribution in [2.45, 2.75) is 25.5 Å². The molecule has 4 atom stereocenters. The van der Waals surface area contributed by atoms with E-state index in [0.29, 0.717) is 36.0 Å². The minimum absolute atomic E-state index is 0.0301. The fourth-order valence-electron chi connectivity index (χ4n) is 4.47. The van der Waals surface area contributed by atoms with Crippen molar-refractivity contribution in [2.75, 3.05) is 32.0 Å². The highest BCUT2D eigenvalue weighted by Gasteiger charge is 2.40.